The highest BCUT2D eigenvalue weighted by atomic mass is 35.5. The van der Waals surface area contributed by atoms with Crippen molar-refractivity contribution in [3.63, 3.8) is 0 Å². The Bertz CT molecular complexity index is 494. The summed E-state index contributed by atoms with van der Waals surface area (Å²) in [6.07, 6.45) is 0. The summed E-state index contributed by atoms with van der Waals surface area (Å²) >= 11 is 0. The van der Waals surface area contributed by atoms with Gasteiger partial charge in [-0.1, -0.05) is 26.0 Å². The van der Waals surface area contributed by atoms with Crippen molar-refractivity contribution in [1.82, 2.24) is 0 Å². The summed E-state index contributed by atoms with van der Waals surface area (Å²) in [6, 6.07) is 15.6. The lowest BCUT2D eigenvalue weighted by Crippen LogP contribution is -1.90. The van der Waals surface area contributed by atoms with Gasteiger partial charge in [-0.2, -0.15) is 0 Å². The summed E-state index contributed by atoms with van der Waals surface area (Å²) in [5.74, 6) is 2.17. The van der Waals surface area contributed by atoms with Gasteiger partial charge in [-0.15, -0.1) is 12.4 Å². The summed E-state index contributed by atoms with van der Waals surface area (Å²) in [5.41, 5.74) is 7.65. The Labute approximate surface area is 114 Å². The molecule has 0 aromatic heterocycles. The van der Waals surface area contributed by atoms with E-state index < -0.39 is 0 Å². The van der Waals surface area contributed by atoms with Gasteiger partial charge in [0.05, 0.1) is 0 Å². The number of nitrogens with two attached hydrogens (primary N) is 1. The fourth-order valence-corrected chi connectivity index (χ4v) is 1.61. The largest absolute Gasteiger partial charge is 0.457 e. The number of nitrogen functional groups attached to an aromatic ring is 1. The quantitative estimate of drug-likeness (QED) is 0.821. The minimum absolute atomic E-state index is 0. The van der Waals surface area contributed by atoms with Gasteiger partial charge >= 0.3 is 0 Å². The maximum atomic E-state index is 5.77. The van der Waals surface area contributed by atoms with E-state index in [0.29, 0.717) is 5.92 Å². The van der Waals surface area contributed by atoms with Gasteiger partial charge in [-0.25, -0.2) is 0 Å². The van der Waals surface area contributed by atoms with Gasteiger partial charge < -0.3 is 10.5 Å². The van der Waals surface area contributed by atoms with Crippen molar-refractivity contribution in [2.45, 2.75) is 19.8 Å². The number of rotatable bonds is 3. The maximum absolute atomic E-state index is 5.77. The normalized spacial score (nSPS) is 9.94. The smallest absolute Gasteiger partial charge is 0.127 e. The van der Waals surface area contributed by atoms with E-state index >= 15 is 0 Å². The molecule has 2 rings (SSSR count). The third-order valence-electron chi connectivity index (χ3n) is 2.64. The van der Waals surface area contributed by atoms with E-state index in [4.69, 9.17) is 10.5 Å². The third kappa shape index (κ3) is 3.67. The minimum atomic E-state index is 0. The number of anilines is 1. The van der Waals surface area contributed by atoms with Crippen molar-refractivity contribution in [3.8, 4) is 11.5 Å². The molecule has 0 aliphatic rings. The standard InChI is InChI=1S/C15H17NO.ClH/c1-11(2)12-4-3-5-15(10-12)17-14-8-6-13(16)7-9-14;/h3-11H,16H2,1-2H3;1H. The molecule has 0 bridgehead atoms. The van der Waals surface area contributed by atoms with Crippen LogP contribution in [-0.4, -0.2) is 0 Å². The predicted octanol–water partition coefficient (Wildman–Crippen LogP) is 4.61. The Morgan fingerprint density at radius 2 is 1.61 bits per heavy atom. The van der Waals surface area contributed by atoms with Crippen molar-refractivity contribution in [2.75, 3.05) is 5.73 Å². The maximum Gasteiger partial charge on any atom is 0.127 e. The molecule has 0 spiro atoms. The molecule has 2 aromatic rings. The second-order valence-corrected chi connectivity index (χ2v) is 4.40. The molecule has 0 fully saturated rings. The highest BCUT2D eigenvalue weighted by molar-refractivity contribution is 5.85. The molecule has 0 aliphatic heterocycles. The van der Waals surface area contributed by atoms with Crippen LogP contribution in [0.3, 0.4) is 0 Å². The van der Waals surface area contributed by atoms with E-state index in [1.807, 2.05) is 36.4 Å². The highest BCUT2D eigenvalue weighted by Gasteiger charge is 2.02. The summed E-state index contributed by atoms with van der Waals surface area (Å²) in [7, 11) is 0. The number of benzene rings is 2. The first-order chi connectivity index (χ1) is 8.15. The van der Waals surface area contributed by atoms with Crippen molar-refractivity contribution in [3.05, 3.63) is 54.1 Å². The Morgan fingerprint density at radius 3 is 2.22 bits per heavy atom. The molecule has 2 nitrogen and oxygen atoms in total. The summed E-state index contributed by atoms with van der Waals surface area (Å²) in [4.78, 5) is 0. The van der Waals surface area contributed by atoms with Crippen LogP contribution >= 0.6 is 12.4 Å². The molecular formula is C15H18ClNO. The Balaban J connectivity index is 0.00000162. The first kappa shape index (κ1) is 14.4. The van der Waals surface area contributed by atoms with Crippen LogP contribution in [0.2, 0.25) is 0 Å². The van der Waals surface area contributed by atoms with Gasteiger partial charge in [0.1, 0.15) is 11.5 Å². The van der Waals surface area contributed by atoms with Gasteiger partial charge in [0, 0.05) is 5.69 Å². The first-order valence-electron chi connectivity index (χ1n) is 5.78. The molecule has 0 atom stereocenters. The van der Waals surface area contributed by atoms with Crippen molar-refractivity contribution in [1.29, 1.82) is 0 Å². The predicted molar refractivity (Wildman–Crippen MR) is 78.7 cm³/mol. The van der Waals surface area contributed by atoms with Crippen LogP contribution < -0.4 is 10.5 Å². The SMILES string of the molecule is CC(C)c1cccc(Oc2ccc(N)cc2)c1.Cl. The zero-order valence-electron chi connectivity index (χ0n) is 10.6. The van der Waals surface area contributed by atoms with Crippen LogP contribution in [0.4, 0.5) is 5.69 Å². The zero-order valence-corrected chi connectivity index (χ0v) is 11.4. The summed E-state index contributed by atoms with van der Waals surface area (Å²) in [6.45, 7) is 4.34. The molecule has 0 radical (unpaired) electrons. The molecular weight excluding hydrogens is 246 g/mol. The Morgan fingerprint density at radius 1 is 0.944 bits per heavy atom. The van der Waals surface area contributed by atoms with E-state index in [1.54, 1.807) is 0 Å². The van der Waals surface area contributed by atoms with Crippen LogP contribution in [0.25, 0.3) is 0 Å². The molecule has 0 aliphatic carbocycles. The topological polar surface area (TPSA) is 35.2 Å². The highest BCUT2D eigenvalue weighted by Crippen LogP contribution is 2.25. The number of hydrogen-bond donors (Lipinski definition) is 1. The van der Waals surface area contributed by atoms with E-state index in [1.165, 1.54) is 5.56 Å². The van der Waals surface area contributed by atoms with Crippen LogP contribution in [0.15, 0.2) is 48.5 Å². The molecule has 0 unspecified atom stereocenters. The lowest BCUT2D eigenvalue weighted by atomic mass is 10.0. The first-order valence-corrected chi connectivity index (χ1v) is 5.78. The van der Waals surface area contributed by atoms with E-state index in [9.17, 15) is 0 Å². The summed E-state index contributed by atoms with van der Waals surface area (Å²) < 4.78 is 5.77. The molecule has 2 N–H and O–H groups in total. The summed E-state index contributed by atoms with van der Waals surface area (Å²) in [5, 5.41) is 0. The van der Waals surface area contributed by atoms with Crippen LogP contribution in [-0.2, 0) is 0 Å². The number of halogens is 1. The van der Waals surface area contributed by atoms with Gasteiger partial charge in [-0.05, 0) is 47.9 Å². The monoisotopic (exact) mass is 263 g/mol. The Kier molecular flexibility index (Phi) is 5.05. The second-order valence-electron chi connectivity index (χ2n) is 4.40. The van der Waals surface area contributed by atoms with Crippen molar-refractivity contribution in [2.24, 2.45) is 0 Å². The third-order valence-corrected chi connectivity index (χ3v) is 2.64. The molecule has 0 heterocycles. The lowest BCUT2D eigenvalue weighted by Gasteiger charge is -2.09. The molecule has 0 amide bonds. The fraction of sp³-hybridized carbons (Fsp3) is 0.200. The van der Waals surface area contributed by atoms with Gasteiger partial charge in [-0.3, -0.25) is 0 Å². The van der Waals surface area contributed by atoms with Crippen molar-refractivity contribution < 1.29 is 4.74 Å². The molecule has 2 aromatic carbocycles. The van der Waals surface area contributed by atoms with Crippen LogP contribution in [0.1, 0.15) is 25.3 Å². The van der Waals surface area contributed by atoms with Crippen LogP contribution in [0.5, 0.6) is 11.5 Å². The van der Waals surface area contributed by atoms with Gasteiger partial charge in [0.25, 0.3) is 0 Å². The lowest BCUT2D eigenvalue weighted by molar-refractivity contribution is 0.481. The molecule has 0 saturated carbocycles. The van der Waals surface area contributed by atoms with Gasteiger partial charge in [0.15, 0.2) is 0 Å². The van der Waals surface area contributed by atoms with E-state index in [-0.39, 0.29) is 12.4 Å². The molecule has 96 valence electrons. The molecule has 3 heteroatoms. The molecule has 18 heavy (non-hydrogen) atoms. The average molecular weight is 264 g/mol. The zero-order chi connectivity index (χ0) is 12.3. The van der Waals surface area contributed by atoms with Crippen LogP contribution in [0, 0.1) is 0 Å². The second kappa shape index (κ2) is 6.31. The Hall–Kier alpha value is -1.67. The minimum Gasteiger partial charge on any atom is -0.457 e. The molecule has 0 saturated heterocycles. The fourth-order valence-electron chi connectivity index (χ4n) is 1.61. The van der Waals surface area contributed by atoms with E-state index in [0.717, 1.165) is 17.2 Å². The van der Waals surface area contributed by atoms with Crippen molar-refractivity contribution >= 4 is 18.1 Å². The van der Waals surface area contributed by atoms with E-state index in [2.05, 4.69) is 26.0 Å². The number of hydrogen-bond acceptors (Lipinski definition) is 2. The average Bonchev–Trinajstić information content (AvgIpc) is 2.32. The van der Waals surface area contributed by atoms with Gasteiger partial charge in [0.2, 0.25) is 0 Å². The number of ether oxygens (including phenoxy) is 1.